The molecule has 3 aliphatic rings. The molecule has 6 heterocycles. The highest BCUT2D eigenvalue weighted by Crippen LogP contribution is 2.36. The molecule has 53 heavy (non-hydrogen) atoms. The molecule has 2 aliphatic heterocycles. The van der Waals surface area contributed by atoms with Crippen molar-refractivity contribution in [1.82, 2.24) is 38.8 Å². The van der Waals surface area contributed by atoms with Crippen LogP contribution in [0.15, 0.2) is 53.8 Å². The van der Waals surface area contributed by atoms with Crippen LogP contribution in [0, 0.1) is 5.92 Å². The van der Waals surface area contributed by atoms with Gasteiger partial charge in [0, 0.05) is 51.8 Å². The number of hydrogen-bond acceptors (Lipinski definition) is 9. The quantitative estimate of drug-likeness (QED) is 0.212. The first-order chi connectivity index (χ1) is 25.7. The number of halogens is 2. The summed E-state index contributed by atoms with van der Waals surface area (Å²) in [6.45, 7) is 2.10. The molecule has 5 aromatic rings. The van der Waals surface area contributed by atoms with Gasteiger partial charge in [0.1, 0.15) is 11.6 Å². The number of aromatic nitrogens is 7. The fourth-order valence-electron chi connectivity index (χ4n) is 8.04. The molecule has 278 valence electrons. The van der Waals surface area contributed by atoms with Crippen LogP contribution in [-0.4, -0.2) is 77.0 Å². The maximum absolute atomic E-state index is 14.0. The van der Waals surface area contributed by atoms with Gasteiger partial charge in [-0.1, -0.05) is 6.07 Å². The van der Waals surface area contributed by atoms with E-state index in [-0.39, 0.29) is 47.8 Å². The van der Waals surface area contributed by atoms with E-state index >= 15 is 0 Å². The third-order valence-electron chi connectivity index (χ3n) is 10.9. The van der Waals surface area contributed by atoms with Gasteiger partial charge in [0.05, 0.1) is 40.8 Å². The van der Waals surface area contributed by atoms with E-state index in [4.69, 9.17) is 4.74 Å². The van der Waals surface area contributed by atoms with Crippen molar-refractivity contribution in [1.29, 1.82) is 0 Å². The minimum Gasteiger partial charge on any atom is -0.378 e. The van der Waals surface area contributed by atoms with Crippen LogP contribution < -0.4 is 21.2 Å². The number of imidazole rings is 1. The molecule has 0 bridgehead atoms. The Hall–Kier alpha value is -5.45. The van der Waals surface area contributed by atoms with Crippen molar-refractivity contribution in [3.05, 3.63) is 70.8 Å². The number of nitrogens with zero attached hydrogens (tertiary/aromatic N) is 8. The van der Waals surface area contributed by atoms with Gasteiger partial charge >= 0.3 is 5.69 Å². The number of amides is 3. The van der Waals surface area contributed by atoms with Gasteiger partial charge in [-0.05, 0) is 69.1 Å². The van der Waals surface area contributed by atoms with Gasteiger partial charge in [-0.25, -0.2) is 23.1 Å². The van der Waals surface area contributed by atoms with Crippen LogP contribution in [0.3, 0.4) is 0 Å². The minimum atomic E-state index is -2.86. The summed E-state index contributed by atoms with van der Waals surface area (Å²) in [6, 6.07) is 6.61. The zero-order valence-electron chi connectivity index (χ0n) is 29.2. The number of alkyl halides is 2. The Kier molecular flexibility index (Phi) is 9.26. The number of anilines is 2. The molecule has 4 aromatic heterocycles. The molecule has 1 aliphatic carbocycles. The summed E-state index contributed by atoms with van der Waals surface area (Å²) in [7, 11) is 1.71. The number of fused-ring (bicyclic) bond motifs is 2. The van der Waals surface area contributed by atoms with Gasteiger partial charge in [0.25, 0.3) is 12.3 Å². The van der Waals surface area contributed by atoms with Crippen LogP contribution in [0.25, 0.3) is 16.7 Å². The number of carbonyl (C=O) groups excluding carboxylic acids is 3. The average molecular weight is 731 g/mol. The van der Waals surface area contributed by atoms with Crippen LogP contribution in [0.5, 0.6) is 0 Å². The van der Waals surface area contributed by atoms with Crippen LogP contribution in [0.2, 0.25) is 0 Å². The number of carbonyl (C=O) groups is 3. The Balaban J connectivity index is 0.850. The summed E-state index contributed by atoms with van der Waals surface area (Å²) in [6.07, 6.45) is 8.60. The van der Waals surface area contributed by atoms with Crippen molar-refractivity contribution < 1.29 is 27.9 Å². The molecule has 2 saturated heterocycles. The number of para-hydroxylation sites is 1. The molecule has 8 rings (SSSR count). The molecule has 1 unspecified atom stereocenters. The molecule has 1 saturated carbocycles. The monoisotopic (exact) mass is 730 g/mol. The first kappa shape index (κ1) is 34.6. The number of imide groups is 1. The Morgan fingerprint density at radius 3 is 2.60 bits per heavy atom. The standard InChI is InChI=1S/C36H40F2N10O5/c1-44-31-26(4-2-5-27(31)48(36(44)52)28-10-11-29(49)42-35(28)51)45-16-12-23(13-17-45)53-20-21-6-8-22(9-7-21)47-19-25(30(43-47)32(37)38)41-34(50)24-18-40-46-15-3-14-39-33(24)46/h2-5,14-15,18-19,21-23,28,32H,6-13,16-17,20H2,1H3,(H,41,50)(H,42,49,51). The lowest BCUT2D eigenvalue weighted by Crippen LogP contribution is -2.44. The van der Waals surface area contributed by atoms with Gasteiger partial charge in [-0.3, -0.25) is 33.5 Å². The third-order valence-corrected chi connectivity index (χ3v) is 10.9. The Morgan fingerprint density at radius 1 is 1.06 bits per heavy atom. The zero-order chi connectivity index (χ0) is 36.8. The number of aryl methyl sites for hydroxylation is 1. The van der Waals surface area contributed by atoms with Gasteiger partial charge in [-0.2, -0.15) is 10.2 Å². The average Bonchev–Trinajstić information content (AvgIpc) is 3.86. The molecular formula is C36H40F2N10O5. The highest BCUT2D eigenvalue weighted by atomic mass is 19.3. The molecule has 17 heteroatoms. The van der Waals surface area contributed by atoms with Gasteiger partial charge in [0.15, 0.2) is 11.3 Å². The van der Waals surface area contributed by atoms with E-state index in [9.17, 15) is 28.0 Å². The number of benzene rings is 1. The van der Waals surface area contributed by atoms with Crippen LogP contribution in [0.4, 0.5) is 20.2 Å². The van der Waals surface area contributed by atoms with Gasteiger partial charge in [-0.15, -0.1) is 0 Å². The van der Waals surface area contributed by atoms with Crippen molar-refractivity contribution in [2.45, 2.75) is 76.0 Å². The fourth-order valence-corrected chi connectivity index (χ4v) is 8.04. The number of piperidine rings is 2. The first-order valence-corrected chi connectivity index (χ1v) is 18.0. The smallest absolute Gasteiger partial charge is 0.329 e. The van der Waals surface area contributed by atoms with Crippen LogP contribution in [0.1, 0.15) is 85.9 Å². The number of hydrogen-bond donors (Lipinski definition) is 2. The van der Waals surface area contributed by atoms with Crippen LogP contribution in [-0.2, 0) is 21.4 Å². The first-order valence-electron chi connectivity index (χ1n) is 18.0. The predicted octanol–water partition coefficient (Wildman–Crippen LogP) is 4.16. The lowest BCUT2D eigenvalue weighted by Gasteiger charge is -2.35. The zero-order valence-corrected chi connectivity index (χ0v) is 29.2. The van der Waals surface area contributed by atoms with Crippen LogP contribution >= 0.6 is 0 Å². The minimum absolute atomic E-state index is 0.0255. The topological polar surface area (TPSA) is 163 Å². The molecule has 15 nitrogen and oxygen atoms in total. The maximum Gasteiger partial charge on any atom is 0.329 e. The lowest BCUT2D eigenvalue weighted by molar-refractivity contribution is -0.135. The Bertz CT molecular complexity index is 2240. The van der Waals surface area contributed by atoms with Crippen molar-refractivity contribution in [3.8, 4) is 0 Å². The molecule has 0 spiro atoms. The summed E-state index contributed by atoms with van der Waals surface area (Å²) >= 11 is 0. The molecular weight excluding hydrogens is 690 g/mol. The van der Waals surface area contributed by atoms with E-state index in [1.54, 1.807) is 28.6 Å². The highest BCUT2D eigenvalue weighted by Gasteiger charge is 2.33. The number of nitrogens with one attached hydrogen (secondary N) is 2. The van der Waals surface area contributed by atoms with Crippen molar-refractivity contribution in [3.63, 3.8) is 0 Å². The third kappa shape index (κ3) is 6.57. The maximum atomic E-state index is 14.0. The molecule has 3 fully saturated rings. The largest absolute Gasteiger partial charge is 0.378 e. The van der Waals surface area contributed by atoms with E-state index < -0.39 is 30.0 Å². The van der Waals surface area contributed by atoms with E-state index in [0.29, 0.717) is 23.7 Å². The second kappa shape index (κ2) is 14.2. The number of rotatable bonds is 9. The van der Waals surface area contributed by atoms with E-state index in [1.807, 2.05) is 18.2 Å². The lowest BCUT2D eigenvalue weighted by atomic mass is 9.86. The van der Waals surface area contributed by atoms with E-state index in [1.165, 1.54) is 27.7 Å². The van der Waals surface area contributed by atoms with E-state index in [2.05, 4.69) is 30.7 Å². The number of ether oxygens (including phenoxy) is 1. The second-order valence-electron chi connectivity index (χ2n) is 14.1. The normalized spacial score (nSPS) is 21.5. The summed E-state index contributed by atoms with van der Waals surface area (Å²) in [5.74, 6) is -1.02. The second-order valence-corrected chi connectivity index (χ2v) is 14.1. The highest BCUT2D eigenvalue weighted by molar-refractivity contribution is 6.08. The van der Waals surface area contributed by atoms with Gasteiger partial charge in [0.2, 0.25) is 11.8 Å². The van der Waals surface area contributed by atoms with Crippen molar-refractivity contribution >= 4 is 45.8 Å². The summed E-state index contributed by atoms with van der Waals surface area (Å²) in [5.41, 5.74) is 2.07. The molecule has 0 radical (unpaired) electrons. The Labute approximate surface area is 301 Å². The van der Waals surface area contributed by atoms with Crippen molar-refractivity contribution in [2.24, 2.45) is 13.0 Å². The molecule has 1 aromatic carbocycles. The summed E-state index contributed by atoms with van der Waals surface area (Å²) < 4.78 is 40.5. The predicted molar refractivity (Wildman–Crippen MR) is 189 cm³/mol. The SMILES string of the molecule is Cn1c(=O)n(C2CCC(=O)NC2=O)c2cccc(N3CCC(OCC4CCC(n5cc(NC(=O)c6cnn7cccnc67)c(C(F)F)n5)CC4)CC3)c21. The molecule has 3 amide bonds. The van der Waals surface area contributed by atoms with E-state index in [0.717, 1.165) is 62.8 Å². The summed E-state index contributed by atoms with van der Waals surface area (Å²) in [4.78, 5) is 57.2. The fraction of sp³-hybridized carbons (Fsp3) is 0.472. The summed E-state index contributed by atoms with van der Waals surface area (Å²) in [5, 5.41) is 13.3. The molecule has 2 N–H and O–H groups in total. The van der Waals surface area contributed by atoms with Gasteiger partial charge < -0.3 is 15.0 Å². The van der Waals surface area contributed by atoms with Crippen molar-refractivity contribution in [2.75, 3.05) is 29.9 Å². The molecule has 1 atom stereocenters. The Morgan fingerprint density at radius 2 is 1.85 bits per heavy atom.